The van der Waals surface area contributed by atoms with E-state index in [1.54, 1.807) is 0 Å². The van der Waals surface area contributed by atoms with Crippen LogP contribution in [-0.2, 0) is 31.9 Å². The predicted molar refractivity (Wildman–Crippen MR) is 134 cm³/mol. The summed E-state index contributed by atoms with van der Waals surface area (Å²) in [6.07, 6.45) is 0.784. The molecule has 0 radical (unpaired) electrons. The van der Waals surface area contributed by atoms with Crippen LogP contribution in [0.5, 0.6) is 0 Å². The fourth-order valence-corrected chi connectivity index (χ4v) is 5.87. The predicted octanol–water partition coefficient (Wildman–Crippen LogP) is 3.97. The van der Waals surface area contributed by atoms with E-state index < -0.39 is 24.1 Å². The molecule has 2 amide bonds. The second-order valence-corrected chi connectivity index (χ2v) is 9.44. The van der Waals surface area contributed by atoms with Gasteiger partial charge in [-0.3, -0.25) is 9.69 Å². The summed E-state index contributed by atoms with van der Waals surface area (Å²) in [6, 6.07) is 20.6. The van der Waals surface area contributed by atoms with Crippen molar-refractivity contribution < 1.29 is 23.9 Å². The zero-order valence-electron chi connectivity index (χ0n) is 19.9. The number of nitrogens with one attached hydrogen (secondary N) is 1. The summed E-state index contributed by atoms with van der Waals surface area (Å²) in [5.74, 6) is -0.850. The summed E-state index contributed by atoms with van der Waals surface area (Å²) in [7, 11) is 1.32. The van der Waals surface area contributed by atoms with E-state index >= 15 is 0 Å². The van der Waals surface area contributed by atoms with Crippen LogP contribution in [0.4, 0.5) is 10.5 Å². The van der Waals surface area contributed by atoms with Crippen molar-refractivity contribution in [1.82, 2.24) is 5.32 Å². The monoisotopic (exact) mass is 482 g/mol. The number of nitrogens with zero attached hydrogens (tertiary/aromatic N) is 1. The average molecular weight is 483 g/mol. The molecule has 2 heterocycles. The summed E-state index contributed by atoms with van der Waals surface area (Å²) in [4.78, 5) is 40.5. The van der Waals surface area contributed by atoms with Gasteiger partial charge in [0.2, 0.25) is 0 Å². The van der Waals surface area contributed by atoms with E-state index in [9.17, 15) is 14.4 Å². The molecular weight excluding hydrogens is 456 g/mol. The third kappa shape index (κ3) is 3.54. The van der Waals surface area contributed by atoms with Crippen molar-refractivity contribution in [2.24, 2.45) is 0 Å². The van der Waals surface area contributed by atoms with Crippen LogP contribution in [0.15, 0.2) is 66.7 Å². The number of para-hydroxylation sites is 1. The first-order valence-corrected chi connectivity index (χ1v) is 12.2. The molecule has 36 heavy (non-hydrogen) atoms. The number of alkyl carbamates (subject to hydrolysis) is 1. The van der Waals surface area contributed by atoms with Gasteiger partial charge in [-0.2, -0.15) is 0 Å². The Kier molecular flexibility index (Phi) is 5.48. The molecule has 0 aromatic heterocycles. The van der Waals surface area contributed by atoms with Crippen LogP contribution in [0.25, 0.3) is 11.1 Å². The van der Waals surface area contributed by atoms with Crippen LogP contribution in [-0.4, -0.2) is 43.8 Å². The summed E-state index contributed by atoms with van der Waals surface area (Å²) < 4.78 is 10.6. The highest BCUT2D eigenvalue weighted by Crippen LogP contribution is 2.44. The number of ether oxygens (including phenoxy) is 2. The molecule has 1 N–H and O–H groups in total. The summed E-state index contributed by atoms with van der Waals surface area (Å²) in [5.41, 5.74) is 7.25. The van der Waals surface area contributed by atoms with Gasteiger partial charge in [0.1, 0.15) is 18.7 Å². The lowest BCUT2D eigenvalue weighted by Gasteiger charge is -2.27. The van der Waals surface area contributed by atoms with Crippen LogP contribution in [0.2, 0.25) is 0 Å². The topological polar surface area (TPSA) is 84.9 Å². The zero-order valence-corrected chi connectivity index (χ0v) is 19.9. The first-order valence-electron chi connectivity index (χ1n) is 12.2. The minimum Gasteiger partial charge on any atom is -0.467 e. The summed E-state index contributed by atoms with van der Waals surface area (Å²) in [6.45, 7) is 0.166. The number of hydrogen-bond donors (Lipinski definition) is 1. The van der Waals surface area contributed by atoms with Crippen molar-refractivity contribution in [2.45, 2.75) is 37.3 Å². The maximum absolute atomic E-state index is 13.6. The molecule has 0 unspecified atom stereocenters. The van der Waals surface area contributed by atoms with Crippen molar-refractivity contribution in [3.05, 3.63) is 89.0 Å². The fourth-order valence-electron chi connectivity index (χ4n) is 5.87. The smallest absolute Gasteiger partial charge is 0.407 e. The number of aryl methyl sites for hydroxylation is 1. The highest BCUT2D eigenvalue weighted by atomic mass is 16.5. The van der Waals surface area contributed by atoms with Gasteiger partial charge in [0.25, 0.3) is 5.91 Å². The second kappa shape index (κ2) is 8.82. The number of carbonyl (C=O) groups is 3. The number of carbonyl (C=O) groups excluding carboxylic acids is 3. The van der Waals surface area contributed by atoms with Crippen LogP contribution in [0, 0.1) is 0 Å². The average Bonchev–Trinajstić information content (AvgIpc) is 3.41. The minimum absolute atomic E-state index is 0.0675. The maximum Gasteiger partial charge on any atom is 0.407 e. The van der Waals surface area contributed by atoms with Crippen molar-refractivity contribution in [3.63, 3.8) is 0 Å². The number of fused-ring (bicyclic) bond motifs is 3. The quantitative estimate of drug-likeness (QED) is 0.569. The largest absolute Gasteiger partial charge is 0.467 e. The first-order chi connectivity index (χ1) is 17.6. The molecule has 7 heteroatoms. The van der Waals surface area contributed by atoms with Gasteiger partial charge in [0, 0.05) is 12.3 Å². The molecule has 1 aliphatic carbocycles. The Morgan fingerprint density at radius 3 is 2.31 bits per heavy atom. The third-order valence-corrected chi connectivity index (χ3v) is 7.52. The lowest BCUT2D eigenvalue weighted by Crippen LogP contribution is -2.52. The van der Waals surface area contributed by atoms with Gasteiger partial charge in [-0.1, -0.05) is 66.7 Å². The lowest BCUT2D eigenvalue weighted by atomic mass is 9.98. The van der Waals surface area contributed by atoms with E-state index in [1.807, 2.05) is 42.5 Å². The number of hydrogen-bond acceptors (Lipinski definition) is 5. The van der Waals surface area contributed by atoms with Crippen molar-refractivity contribution in [3.8, 4) is 11.1 Å². The number of methoxy groups -OCH3 is 1. The van der Waals surface area contributed by atoms with E-state index in [0.29, 0.717) is 19.3 Å². The molecule has 2 atom stereocenters. The first kappa shape index (κ1) is 22.3. The zero-order chi connectivity index (χ0) is 24.8. The number of esters is 1. The number of anilines is 1. The molecule has 0 spiro atoms. The van der Waals surface area contributed by atoms with E-state index in [4.69, 9.17) is 9.47 Å². The number of amides is 2. The van der Waals surface area contributed by atoms with Gasteiger partial charge >= 0.3 is 12.1 Å². The summed E-state index contributed by atoms with van der Waals surface area (Å²) >= 11 is 0. The van der Waals surface area contributed by atoms with E-state index in [1.165, 1.54) is 12.0 Å². The Hall–Kier alpha value is -4.13. The van der Waals surface area contributed by atoms with E-state index in [-0.39, 0.29) is 18.4 Å². The molecule has 0 bridgehead atoms. The summed E-state index contributed by atoms with van der Waals surface area (Å²) in [5, 5.41) is 2.78. The number of rotatable bonds is 4. The van der Waals surface area contributed by atoms with Gasteiger partial charge in [-0.25, -0.2) is 9.59 Å². The van der Waals surface area contributed by atoms with Crippen LogP contribution < -0.4 is 10.2 Å². The highest BCUT2D eigenvalue weighted by Gasteiger charge is 2.44. The molecule has 3 aromatic carbocycles. The molecule has 3 aliphatic rings. The Balaban J connectivity index is 1.19. The Bertz CT molecular complexity index is 1340. The lowest BCUT2D eigenvalue weighted by molar-refractivity contribution is -0.143. The maximum atomic E-state index is 13.6. The van der Waals surface area contributed by atoms with Crippen molar-refractivity contribution in [1.29, 1.82) is 0 Å². The fraction of sp³-hybridized carbons (Fsp3) is 0.276. The van der Waals surface area contributed by atoms with E-state index in [0.717, 1.165) is 39.1 Å². The van der Waals surface area contributed by atoms with Crippen molar-refractivity contribution in [2.75, 3.05) is 18.6 Å². The van der Waals surface area contributed by atoms with Crippen LogP contribution in [0.1, 0.15) is 34.6 Å². The van der Waals surface area contributed by atoms with Gasteiger partial charge in [-0.15, -0.1) is 0 Å². The van der Waals surface area contributed by atoms with Crippen LogP contribution in [0.3, 0.4) is 0 Å². The SMILES string of the molecule is COC(=O)[C@@H]1Cc2cccc3c2N1C(=O)[C@@H](NC(=O)OCC1c2ccccc2-c2ccccc21)CC3. The normalized spacial score (nSPS) is 19.7. The molecule has 0 saturated heterocycles. The molecule has 3 aromatic rings. The second-order valence-electron chi connectivity index (χ2n) is 9.44. The molecule has 2 aliphatic heterocycles. The minimum atomic E-state index is -0.800. The Morgan fingerprint density at radius 2 is 1.61 bits per heavy atom. The molecule has 7 nitrogen and oxygen atoms in total. The van der Waals surface area contributed by atoms with Gasteiger partial charge in [-0.05, 0) is 46.2 Å². The Morgan fingerprint density at radius 1 is 0.944 bits per heavy atom. The third-order valence-electron chi connectivity index (χ3n) is 7.52. The molecule has 182 valence electrons. The molecule has 6 rings (SSSR count). The van der Waals surface area contributed by atoms with Gasteiger partial charge < -0.3 is 14.8 Å². The molecule has 0 saturated carbocycles. The Labute approximate surface area is 209 Å². The number of benzene rings is 3. The van der Waals surface area contributed by atoms with Gasteiger partial charge in [0.05, 0.1) is 12.8 Å². The molecular formula is C29H26N2O5. The highest BCUT2D eigenvalue weighted by molar-refractivity contribution is 6.06. The van der Waals surface area contributed by atoms with Crippen molar-refractivity contribution >= 4 is 23.7 Å². The van der Waals surface area contributed by atoms with E-state index in [2.05, 4.69) is 29.6 Å². The standard InChI is InChI=1S/C29H26N2O5/c1-35-28(33)25-15-18-8-6-7-17-13-14-24(27(32)31(25)26(17)18)30-29(34)36-16-23-21-11-4-2-9-19(21)20-10-3-5-12-22(20)23/h2-12,23-25H,13-16H2,1H3,(H,30,34)/t24-,25-/m0/s1. The van der Waals surface area contributed by atoms with Crippen LogP contribution >= 0.6 is 0 Å². The molecule has 0 fully saturated rings. The van der Waals surface area contributed by atoms with Gasteiger partial charge in [0.15, 0.2) is 0 Å².